The first-order valence-electron chi connectivity index (χ1n) is 5.93. The Balaban J connectivity index is 2.06. The first-order chi connectivity index (χ1) is 7.47. The zero-order valence-corrected chi connectivity index (χ0v) is 9.23. The molecule has 0 aromatic carbocycles. The van der Waals surface area contributed by atoms with Crippen LogP contribution in [0.1, 0.15) is 25.7 Å². The van der Waals surface area contributed by atoms with Crippen molar-refractivity contribution in [1.82, 2.24) is 4.90 Å². The molecular weight excluding hydrogens is 182 g/mol. The average Bonchev–Trinajstić information content (AvgIpc) is 2.45. The lowest BCUT2D eigenvalue weighted by atomic mass is 10.2. The van der Waals surface area contributed by atoms with Gasteiger partial charge in [0.15, 0.2) is 0 Å². The van der Waals surface area contributed by atoms with Crippen LogP contribution < -0.4 is 0 Å². The molecule has 1 aliphatic carbocycles. The minimum atomic E-state index is 1.22. The highest BCUT2D eigenvalue weighted by molar-refractivity contribution is 5.30. The Morgan fingerprint density at radius 2 is 1.40 bits per heavy atom. The molecule has 1 fully saturated rings. The van der Waals surface area contributed by atoms with Gasteiger partial charge in [-0.25, -0.2) is 0 Å². The zero-order valence-electron chi connectivity index (χ0n) is 9.23. The van der Waals surface area contributed by atoms with E-state index in [2.05, 4.69) is 47.4 Å². The van der Waals surface area contributed by atoms with E-state index < -0.39 is 0 Å². The van der Waals surface area contributed by atoms with Crippen LogP contribution in [0.25, 0.3) is 0 Å². The van der Waals surface area contributed by atoms with Gasteiger partial charge in [-0.1, -0.05) is 43.2 Å². The molecule has 0 radical (unpaired) electrons. The fourth-order valence-electron chi connectivity index (χ4n) is 2.10. The summed E-state index contributed by atoms with van der Waals surface area (Å²) >= 11 is 0. The van der Waals surface area contributed by atoms with Crippen LogP contribution in [0.3, 0.4) is 0 Å². The van der Waals surface area contributed by atoms with Gasteiger partial charge in [0, 0.05) is 18.8 Å². The normalized spacial score (nSPS) is 21.9. The lowest BCUT2D eigenvalue weighted by Crippen LogP contribution is -2.22. The summed E-state index contributed by atoms with van der Waals surface area (Å²) in [7, 11) is 0. The number of rotatable bonds is 1. The molecule has 1 nitrogen and oxygen atoms in total. The number of allylic oxidation sites excluding steroid dienone is 7. The molecule has 80 valence electrons. The molecule has 0 aromatic heterocycles. The summed E-state index contributed by atoms with van der Waals surface area (Å²) in [5.74, 6) is 0. The second-order valence-electron chi connectivity index (χ2n) is 4.12. The zero-order chi connectivity index (χ0) is 10.3. The van der Waals surface area contributed by atoms with E-state index in [0.29, 0.717) is 0 Å². The molecule has 0 atom stereocenters. The van der Waals surface area contributed by atoms with Crippen molar-refractivity contribution in [2.75, 3.05) is 13.1 Å². The topological polar surface area (TPSA) is 3.24 Å². The van der Waals surface area contributed by atoms with Gasteiger partial charge >= 0.3 is 0 Å². The maximum Gasteiger partial charge on any atom is 0.0366 e. The summed E-state index contributed by atoms with van der Waals surface area (Å²) < 4.78 is 0. The third-order valence-electron chi connectivity index (χ3n) is 2.95. The predicted octanol–water partition coefficient (Wildman–Crippen LogP) is 3.43. The molecule has 1 saturated heterocycles. The Morgan fingerprint density at radius 1 is 0.733 bits per heavy atom. The molecule has 2 aliphatic rings. The van der Waals surface area contributed by atoms with Gasteiger partial charge in [-0.15, -0.1) is 0 Å². The van der Waals surface area contributed by atoms with Crippen LogP contribution in [0.2, 0.25) is 0 Å². The minimum Gasteiger partial charge on any atom is -0.372 e. The van der Waals surface area contributed by atoms with E-state index in [-0.39, 0.29) is 0 Å². The molecule has 0 amide bonds. The Hall–Kier alpha value is -1.24. The SMILES string of the molecule is C1=CC=CC(N2CCCCCC2)=CC=C1. The van der Waals surface area contributed by atoms with Crippen LogP contribution in [-0.4, -0.2) is 18.0 Å². The van der Waals surface area contributed by atoms with Crippen molar-refractivity contribution in [3.63, 3.8) is 0 Å². The molecule has 1 heterocycles. The van der Waals surface area contributed by atoms with Crippen molar-refractivity contribution in [3.05, 3.63) is 48.2 Å². The van der Waals surface area contributed by atoms with Crippen LogP contribution >= 0.6 is 0 Å². The van der Waals surface area contributed by atoms with Crippen molar-refractivity contribution in [3.8, 4) is 0 Å². The van der Waals surface area contributed by atoms with Crippen molar-refractivity contribution >= 4 is 0 Å². The van der Waals surface area contributed by atoms with Gasteiger partial charge in [-0.05, 0) is 25.0 Å². The smallest absolute Gasteiger partial charge is 0.0366 e. The molecule has 0 spiro atoms. The predicted molar refractivity (Wildman–Crippen MR) is 65.5 cm³/mol. The lowest BCUT2D eigenvalue weighted by Gasteiger charge is -2.23. The molecule has 0 saturated carbocycles. The third-order valence-corrected chi connectivity index (χ3v) is 2.95. The molecule has 15 heavy (non-hydrogen) atoms. The van der Waals surface area contributed by atoms with Crippen LogP contribution in [0.15, 0.2) is 48.2 Å². The van der Waals surface area contributed by atoms with E-state index in [9.17, 15) is 0 Å². The molecule has 1 aliphatic heterocycles. The summed E-state index contributed by atoms with van der Waals surface area (Å²) in [6.07, 6.45) is 20.4. The number of nitrogens with zero attached hydrogens (tertiary/aromatic N) is 1. The van der Waals surface area contributed by atoms with E-state index in [4.69, 9.17) is 0 Å². The Bertz CT molecular complexity index is 299. The largest absolute Gasteiger partial charge is 0.372 e. The van der Waals surface area contributed by atoms with E-state index in [1.807, 2.05) is 0 Å². The standard InChI is InChI=1S/C14H19N/c1-2-6-10-14(11-7-3-1)15-12-8-4-5-9-13-15/h1-3,6-7,10-11H,4-5,8-9,12-13H2. The van der Waals surface area contributed by atoms with Crippen LogP contribution in [-0.2, 0) is 0 Å². The molecule has 0 aromatic rings. The van der Waals surface area contributed by atoms with E-state index >= 15 is 0 Å². The van der Waals surface area contributed by atoms with E-state index in [0.717, 1.165) is 0 Å². The quantitative estimate of drug-likeness (QED) is 0.628. The summed E-state index contributed by atoms with van der Waals surface area (Å²) in [6, 6.07) is 0. The first kappa shape index (κ1) is 10.3. The van der Waals surface area contributed by atoms with Crippen LogP contribution in [0.5, 0.6) is 0 Å². The molecule has 2 rings (SSSR count). The Labute approximate surface area is 92.5 Å². The van der Waals surface area contributed by atoms with Gasteiger partial charge in [0.2, 0.25) is 0 Å². The monoisotopic (exact) mass is 201 g/mol. The maximum atomic E-state index is 2.51. The molecule has 1 heteroatoms. The minimum absolute atomic E-state index is 1.22. The maximum absolute atomic E-state index is 2.51. The molecule has 0 N–H and O–H groups in total. The fraction of sp³-hybridized carbons (Fsp3) is 0.429. The number of hydrogen-bond donors (Lipinski definition) is 0. The molecule has 0 unspecified atom stereocenters. The van der Waals surface area contributed by atoms with Gasteiger partial charge in [0.05, 0.1) is 0 Å². The first-order valence-corrected chi connectivity index (χ1v) is 5.93. The molecular formula is C14H19N. The number of likely N-dealkylation sites (tertiary alicyclic amines) is 1. The van der Waals surface area contributed by atoms with Gasteiger partial charge < -0.3 is 4.90 Å². The fourth-order valence-corrected chi connectivity index (χ4v) is 2.10. The highest BCUT2D eigenvalue weighted by atomic mass is 15.1. The third kappa shape index (κ3) is 3.12. The van der Waals surface area contributed by atoms with Gasteiger partial charge in [-0.2, -0.15) is 0 Å². The van der Waals surface area contributed by atoms with Crippen molar-refractivity contribution in [1.29, 1.82) is 0 Å². The summed E-state index contributed by atoms with van der Waals surface area (Å²) in [4.78, 5) is 2.51. The van der Waals surface area contributed by atoms with Crippen LogP contribution in [0, 0.1) is 0 Å². The lowest BCUT2D eigenvalue weighted by molar-refractivity contribution is 0.369. The van der Waals surface area contributed by atoms with Crippen molar-refractivity contribution in [2.24, 2.45) is 0 Å². The molecule has 0 bridgehead atoms. The highest BCUT2D eigenvalue weighted by Gasteiger charge is 2.09. The van der Waals surface area contributed by atoms with E-state index in [1.54, 1.807) is 0 Å². The summed E-state index contributed by atoms with van der Waals surface area (Å²) in [5, 5.41) is 0. The summed E-state index contributed by atoms with van der Waals surface area (Å²) in [6.45, 7) is 2.43. The van der Waals surface area contributed by atoms with Crippen molar-refractivity contribution < 1.29 is 0 Å². The highest BCUT2D eigenvalue weighted by Crippen LogP contribution is 2.16. The van der Waals surface area contributed by atoms with Gasteiger partial charge in [-0.3, -0.25) is 0 Å². The van der Waals surface area contributed by atoms with Gasteiger partial charge in [0.1, 0.15) is 0 Å². The van der Waals surface area contributed by atoms with Crippen LogP contribution in [0.4, 0.5) is 0 Å². The second-order valence-corrected chi connectivity index (χ2v) is 4.12. The van der Waals surface area contributed by atoms with Crippen molar-refractivity contribution in [2.45, 2.75) is 25.7 Å². The Kier molecular flexibility index (Phi) is 3.84. The van der Waals surface area contributed by atoms with E-state index in [1.165, 1.54) is 44.5 Å². The van der Waals surface area contributed by atoms with Gasteiger partial charge in [0.25, 0.3) is 0 Å². The summed E-state index contributed by atoms with van der Waals surface area (Å²) in [5.41, 5.74) is 1.36. The average molecular weight is 201 g/mol. The number of hydrogen-bond acceptors (Lipinski definition) is 1. The Morgan fingerprint density at radius 3 is 2.20 bits per heavy atom. The second kappa shape index (κ2) is 5.59.